The minimum absolute atomic E-state index is 0.0255. The predicted octanol–water partition coefficient (Wildman–Crippen LogP) is 5.86. The summed E-state index contributed by atoms with van der Waals surface area (Å²) in [6, 6.07) is 11.8. The van der Waals surface area contributed by atoms with Gasteiger partial charge in [0.1, 0.15) is 24.0 Å². The first-order valence-electron chi connectivity index (χ1n) is 16.6. The summed E-state index contributed by atoms with van der Waals surface area (Å²) >= 11 is 1.37. The van der Waals surface area contributed by atoms with E-state index < -0.39 is 35.2 Å². The second-order valence-corrected chi connectivity index (χ2v) is 13.6. The zero-order valence-corrected chi connectivity index (χ0v) is 28.8. The Morgan fingerprint density at radius 3 is 2.53 bits per heavy atom. The highest BCUT2D eigenvalue weighted by Crippen LogP contribution is 2.44. The van der Waals surface area contributed by atoms with Gasteiger partial charge in [-0.25, -0.2) is 9.18 Å². The molecule has 10 nitrogen and oxygen atoms in total. The second kappa shape index (κ2) is 14.5. The van der Waals surface area contributed by atoms with Crippen molar-refractivity contribution < 1.29 is 33.0 Å². The van der Waals surface area contributed by atoms with Gasteiger partial charge in [-0.15, -0.1) is 11.3 Å². The number of hydrogen-bond acceptors (Lipinski definition) is 10. The third-order valence-electron chi connectivity index (χ3n) is 9.16. The number of fused-ring (bicyclic) bond motifs is 1. The fourth-order valence-electron chi connectivity index (χ4n) is 6.21. The van der Waals surface area contributed by atoms with E-state index in [1.165, 1.54) is 30.7 Å². The summed E-state index contributed by atoms with van der Waals surface area (Å²) in [5.41, 5.74) is 1.07. The molecule has 3 unspecified atom stereocenters. The minimum atomic E-state index is -0.880. The number of hydrogen-bond donors (Lipinski definition) is 1. The van der Waals surface area contributed by atoms with Crippen LogP contribution in [0.25, 0.3) is 10.9 Å². The molecule has 2 aromatic heterocycles. The third kappa shape index (κ3) is 7.11. The first-order valence-corrected chi connectivity index (χ1v) is 17.5. The highest BCUT2D eigenvalue weighted by atomic mass is 32.1. The predicted molar refractivity (Wildman–Crippen MR) is 186 cm³/mol. The summed E-state index contributed by atoms with van der Waals surface area (Å²) in [5.74, 6) is -2.45. The smallest absolute Gasteiger partial charge is 0.343 e. The van der Waals surface area contributed by atoms with E-state index in [0.29, 0.717) is 53.3 Å². The number of aromatic nitrogens is 1. The van der Waals surface area contributed by atoms with Gasteiger partial charge in [-0.1, -0.05) is 37.3 Å². The van der Waals surface area contributed by atoms with Crippen LogP contribution in [0.1, 0.15) is 83.1 Å². The zero-order chi connectivity index (χ0) is 34.8. The van der Waals surface area contributed by atoms with Crippen LogP contribution in [0.5, 0.6) is 5.75 Å². The second-order valence-electron chi connectivity index (χ2n) is 12.7. The Kier molecular flexibility index (Phi) is 10.2. The number of carbonyl (C=O) groups is 3. The Morgan fingerprint density at radius 1 is 1.14 bits per heavy atom. The molecule has 2 fully saturated rings. The molecule has 0 amide bonds. The normalized spacial score (nSPS) is 17.4. The number of halogens is 1. The molecule has 1 aliphatic carbocycles. The van der Waals surface area contributed by atoms with Gasteiger partial charge in [-0.2, -0.15) is 0 Å². The van der Waals surface area contributed by atoms with Crippen molar-refractivity contribution in [2.75, 3.05) is 38.3 Å². The van der Waals surface area contributed by atoms with Crippen LogP contribution in [0.4, 0.5) is 10.1 Å². The van der Waals surface area contributed by atoms with Gasteiger partial charge in [-0.05, 0) is 56.2 Å². The fourth-order valence-corrected chi connectivity index (χ4v) is 6.90. The van der Waals surface area contributed by atoms with Crippen molar-refractivity contribution in [3.05, 3.63) is 91.6 Å². The number of pyridine rings is 1. The van der Waals surface area contributed by atoms with Gasteiger partial charge >= 0.3 is 11.9 Å². The summed E-state index contributed by atoms with van der Waals surface area (Å²) in [6.07, 6.45) is 2.77. The topological polar surface area (TPSA) is 116 Å². The van der Waals surface area contributed by atoms with Crippen LogP contribution in [-0.4, -0.2) is 67.8 Å². The fraction of sp³-hybridized carbons (Fsp3) is 0.405. The number of methoxy groups -OCH3 is 1. The van der Waals surface area contributed by atoms with Crippen molar-refractivity contribution in [3.63, 3.8) is 0 Å². The highest BCUT2D eigenvalue weighted by Gasteiger charge is 2.33. The first-order chi connectivity index (χ1) is 23.6. The first kappa shape index (κ1) is 34.3. The molecule has 1 saturated heterocycles. The molecule has 3 atom stereocenters. The van der Waals surface area contributed by atoms with Gasteiger partial charge in [0.25, 0.3) is 0 Å². The van der Waals surface area contributed by atoms with Gasteiger partial charge in [0.15, 0.2) is 11.6 Å². The number of anilines is 1. The molecule has 49 heavy (non-hydrogen) atoms. The molecule has 6 rings (SSSR count). The largest absolute Gasteiger partial charge is 0.492 e. The Bertz CT molecular complexity index is 1920. The monoisotopic (exact) mass is 689 g/mol. The van der Waals surface area contributed by atoms with Gasteiger partial charge in [-0.3, -0.25) is 14.4 Å². The van der Waals surface area contributed by atoms with Crippen LogP contribution in [0.15, 0.2) is 58.8 Å². The Balaban J connectivity index is 1.17. The lowest BCUT2D eigenvalue weighted by molar-refractivity contribution is -0.152. The van der Waals surface area contributed by atoms with E-state index in [-0.39, 0.29) is 41.2 Å². The molecule has 2 aliphatic rings. The molecular weight excluding hydrogens is 649 g/mol. The average molecular weight is 690 g/mol. The van der Waals surface area contributed by atoms with Crippen molar-refractivity contribution in [2.24, 2.45) is 0 Å². The molecule has 1 aliphatic heterocycles. The van der Waals surface area contributed by atoms with E-state index in [1.54, 1.807) is 44.2 Å². The van der Waals surface area contributed by atoms with Crippen molar-refractivity contribution in [2.45, 2.75) is 64.1 Å². The van der Waals surface area contributed by atoms with E-state index in [0.717, 1.165) is 12.8 Å². The lowest BCUT2D eigenvalue weighted by Gasteiger charge is -2.35. The number of ketones is 1. The molecule has 1 saturated carbocycles. The van der Waals surface area contributed by atoms with E-state index in [2.05, 4.69) is 5.32 Å². The van der Waals surface area contributed by atoms with E-state index in [1.807, 2.05) is 27.8 Å². The number of benzene rings is 2. The lowest BCUT2D eigenvalue weighted by atomic mass is 9.98. The molecule has 0 radical (unpaired) electrons. The summed E-state index contributed by atoms with van der Waals surface area (Å²) < 4.78 is 34.6. The third-order valence-corrected chi connectivity index (χ3v) is 10.0. The standard InChI is InChI=1S/C37H40FN3O7S/c1-5-26(48-36(44)22(3)23-8-10-24(11-9-23)33(42)30-7-6-16-49-30)20-47-37(45)28-19-41(25-12-13-25)31-27(34(28)43)17-29(38)32(35(31)46-4)40-15-14-39-21(2)18-40/h6-11,16-17,19,21-22,25-26,39H,5,12-15,18,20H2,1-4H3. The number of esters is 2. The summed E-state index contributed by atoms with van der Waals surface area (Å²) in [7, 11) is 1.46. The highest BCUT2D eigenvalue weighted by molar-refractivity contribution is 7.12. The van der Waals surface area contributed by atoms with Gasteiger partial charge < -0.3 is 29.0 Å². The minimum Gasteiger partial charge on any atom is -0.492 e. The molecule has 0 bridgehead atoms. The number of carbonyl (C=O) groups excluding carboxylic acids is 3. The van der Waals surface area contributed by atoms with Crippen LogP contribution in [-0.2, 0) is 14.3 Å². The molecule has 1 N–H and O–H groups in total. The number of nitrogens with zero attached hydrogens (tertiary/aromatic N) is 2. The average Bonchev–Trinajstić information content (AvgIpc) is 3.81. The molecule has 12 heteroatoms. The van der Waals surface area contributed by atoms with E-state index >= 15 is 4.39 Å². The van der Waals surface area contributed by atoms with Gasteiger partial charge in [0, 0.05) is 43.5 Å². The number of ether oxygens (including phenoxy) is 3. The van der Waals surface area contributed by atoms with Crippen LogP contribution < -0.4 is 20.4 Å². The van der Waals surface area contributed by atoms with E-state index in [4.69, 9.17) is 14.2 Å². The Labute approximate surface area is 287 Å². The maximum atomic E-state index is 15.8. The van der Waals surface area contributed by atoms with Crippen LogP contribution in [0, 0.1) is 5.82 Å². The summed E-state index contributed by atoms with van der Waals surface area (Å²) in [5, 5.41) is 5.23. The van der Waals surface area contributed by atoms with Gasteiger partial charge in [0.05, 0.1) is 28.8 Å². The Morgan fingerprint density at radius 2 is 1.90 bits per heavy atom. The molecule has 2 aromatic carbocycles. The van der Waals surface area contributed by atoms with Crippen molar-refractivity contribution in [3.8, 4) is 5.75 Å². The summed E-state index contributed by atoms with van der Waals surface area (Å²) in [4.78, 5) is 55.4. The van der Waals surface area contributed by atoms with Crippen molar-refractivity contribution >= 4 is 45.6 Å². The number of nitrogens with one attached hydrogen (secondary N) is 1. The molecular formula is C37H40FN3O7S. The lowest BCUT2D eigenvalue weighted by Crippen LogP contribution is -2.49. The zero-order valence-electron chi connectivity index (χ0n) is 28.0. The molecule has 258 valence electrons. The maximum absolute atomic E-state index is 15.8. The molecule has 3 heterocycles. The number of thiophene rings is 1. The van der Waals surface area contributed by atoms with Crippen LogP contribution in [0.3, 0.4) is 0 Å². The van der Waals surface area contributed by atoms with Crippen LogP contribution >= 0.6 is 11.3 Å². The Hall–Kier alpha value is -4.55. The van der Waals surface area contributed by atoms with Crippen molar-refractivity contribution in [1.82, 2.24) is 9.88 Å². The quantitative estimate of drug-likeness (QED) is 0.144. The summed E-state index contributed by atoms with van der Waals surface area (Å²) in [6.45, 7) is 7.09. The number of rotatable bonds is 12. The van der Waals surface area contributed by atoms with Gasteiger partial charge in [0.2, 0.25) is 11.2 Å². The number of piperazine rings is 1. The molecule has 4 aromatic rings. The maximum Gasteiger partial charge on any atom is 0.343 e. The van der Waals surface area contributed by atoms with E-state index in [9.17, 15) is 19.2 Å². The SMILES string of the molecule is CCC(COC(=O)c1cn(C2CC2)c2c(OC)c(N3CCNC(C)C3)c(F)cc2c1=O)OC(=O)C(C)c1ccc(C(=O)c2cccs2)cc1. The van der Waals surface area contributed by atoms with Crippen molar-refractivity contribution in [1.29, 1.82) is 0 Å². The molecule has 0 spiro atoms. The van der Waals surface area contributed by atoms with Crippen LogP contribution in [0.2, 0.25) is 0 Å².